The van der Waals surface area contributed by atoms with E-state index in [0.29, 0.717) is 5.56 Å². The molecule has 0 aliphatic rings. The molecule has 0 aliphatic carbocycles. The van der Waals surface area contributed by atoms with Crippen LogP contribution in [0.1, 0.15) is 15.9 Å². The molecule has 0 atom stereocenters. The van der Waals surface area contributed by atoms with E-state index in [4.69, 9.17) is 4.74 Å². The molecule has 0 bridgehead atoms. The van der Waals surface area contributed by atoms with Crippen molar-refractivity contribution in [3.63, 3.8) is 0 Å². The standard InChI is InChI=1S/C20H18N2O3S/c1-26-18-9-7-16(8-10-18)19(23)14-25-20(24)11-15-12-21-22(13-15)17-5-3-2-4-6-17/h2-10,12-13H,11,14H2,1H3. The van der Waals surface area contributed by atoms with Gasteiger partial charge in [0.2, 0.25) is 0 Å². The lowest BCUT2D eigenvalue weighted by molar-refractivity contribution is -0.141. The number of hydrogen-bond donors (Lipinski definition) is 0. The van der Waals surface area contributed by atoms with Gasteiger partial charge >= 0.3 is 5.97 Å². The van der Waals surface area contributed by atoms with Gasteiger partial charge < -0.3 is 4.74 Å². The van der Waals surface area contributed by atoms with Gasteiger partial charge in [0.05, 0.1) is 18.3 Å². The summed E-state index contributed by atoms with van der Waals surface area (Å²) in [6.45, 7) is -0.260. The van der Waals surface area contributed by atoms with Crippen molar-refractivity contribution in [2.45, 2.75) is 11.3 Å². The Kier molecular flexibility index (Phi) is 5.86. The topological polar surface area (TPSA) is 61.2 Å². The van der Waals surface area contributed by atoms with Crippen LogP contribution in [0.4, 0.5) is 0 Å². The summed E-state index contributed by atoms with van der Waals surface area (Å²) in [7, 11) is 0. The smallest absolute Gasteiger partial charge is 0.310 e. The number of para-hydroxylation sites is 1. The average molecular weight is 366 g/mol. The van der Waals surface area contributed by atoms with E-state index in [1.54, 1.807) is 41.0 Å². The maximum absolute atomic E-state index is 12.1. The summed E-state index contributed by atoms with van der Waals surface area (Å²) in [6, 6.07) is 16.8. The van der Waals surface area contributed by atoms with E-state index in [0.717, 1.165) is 16.1 Å². The Morgan fingerprint density at radius 2 is 1.81 bits per heavy atom. The normalized spacial score (nSPS) is 10.5. The molecule has 0 radical (unpaired) electrons. The lowest BCUT2D eigenvalue weighted by Crippen LogP contribution is -2.15. The Morgan fingerprint density at radius 1 is 1.08 bits per heavy atom. The summed E-state index contributed by atoms with van der Waals surface area (Å²) in [5.74, 6) is -0.669. The zero-order valence-corrected chi connectivity index (χ0v) is 15.1. The summed E-state index contributed by atoms with van der Waals surface area (Å²) in [4.78, 5) is 25.1. The molecule has 1 heterocycles. The van der Waals surface area contributed by atoms with Crippen molar-refractivity contribution in [2.75, 3.05) is 12.9 Å². The van der Waals surface area contributed by atoms with Crippen LogP contribution in [0.3, 0.4) is 0 Å². The molecular weight excluding hydrogens is 348 g/mol. The van der Waals surface area contributed by atoms with Crippen LogP contribution in [0.25, 0.3) is 5.69 Å². The van der Waals surface area contributed by atoms with Crippen LogP contribution < -0.4 is 0 Å². The molecule has 5 nitrogen and oxygen atoms in total. The summed E-state index contributed by atoms with van der Waals surface area (Å²) in [5.41, 5.74) is 2.18. The predicted octanol–water partition coefficient (Wildman–Crippen LogP) is 3.56. The summed E-state index contributed by atoms with van der Waals surface area (Å²) >= 11 is 1.60. The van der Waals surface area contributed by atoms with E-state index in [9.17, 15) is 9.59 Å². The van der Waals surface area contributed by atoms with Crippen LogP contribution in [0, 0.1) is 0 Å². The maximum Gasteiger partial charge on any atom is 0.310 e. The second-order valence-corrected chi connectivity index (χ2v) is 6.50. The third-order valence-corrected chi connectivity index (χ3v) is 4.53. The molecule has 2 aromatic carbocycles. The van der Waals surface area contributed by atoms with Crippen LogP contribution in [0.2, 0.25) is 0 Å². The second kappa shape index (κ2) is 8.49. The molecule has 26 heavy (non-hydrogen) atoms. The number of benzene rings is 2. The molecule has 132 valence electrons. The highest BCUT2D eigenvalue weighted by atomic mass is 32.2. The van der Waals surface area contributed by atoms with Gasteiger partial charge in [-0.05, 0) is 30.5 Å². The van der Waals surface area contributed by atoms with Gasteiger partial charge in [-0.15, -0.1) is 11.8 Å². The lowest BCUT2D eigenvalue weighted by atomic mass is 10.1. The van der Waals surface area contributed by atoms with Crippen molar-refractivity contribution in [2.24, 2.45) is 0 Å². The van der Waals surface area contributed by atoms with Gasteiger partial charge in [-0.25, -0.2) is 4.68 Å². The summed E-state index contributed by atoms with van der Waals surface area (Å²) < 4.78 is 6.80. The number of hydrogen-bond acceptors (Lipinski definition) is 5. The zero-order chi connectivity index (χ0) is 18.4. The molecule has 0 spiro atoms. The lowest BCUT2D eigenvalue weighted by Gasteiger charge is -2.04. The van der Waals surface area contributed by atoms with Gasteiger partial charge in [-0.2, -0.15) is 5.10 Å². The third kappa shape index (κ3) is 4.61. The Morgan fingerprint density at radius 3 is 2.50 bits per heavy atom. The van der Waals surface area contributed by atoms with Crippen molar-refractivity contribution in [3.8, 4) is 5.69 Å². The van der Waals surface area contributed by atoms with Gasteiger partial charge in [-0.3, -0.25) is 9.59 Å². The number of carbonyl (C=O) groups excluding carboxylic acids is 2. The van der Waals surface area contributed by atoms with Crippen molar-refractivity contribution < 1.29 is 14.3 Å². The first-order chi connectivity index (χ1) is 12.7. The highest BCUT2D eigenvalue weighted by molar-refractivity contribution is 7.98. The van der Waals surface area contributed by atoms with Crippen molar-refractivity contribution in [3.05, 3.63) is 78.1 Å². The van der Waals surface area contributed by atoms with Crippen LogP contribution in [-0.4, -0.2) is 34.4 Å². The zero-order valence-electron chi connectivity index (χ0n) is 14.3. The first kappa shape index (κ1) is 17.9. The second-order valence-electron chi connectivity index (χ2n) is 5.62. The average Bonchev–Trinajstić information content (AvgIpc) is 3.15. The number of ether oxygens (including phenoxy) is 1. The van der Waals surface area contributed by atoms with Gasteiger partial charge in [0.1, 0.15) is 0 Å². The molecule has 0 N–H and O–H groups in total. The molecule has 0 aliphatic heterocycles. The van der Waals surface area contributed by atoms with Crippen LogP contribution in [0.15, 0.2) is 71.9 Å². The van der Waals surface area contributed by atoms with E-state index >= 15 is 0 Å². The predicted molar refractivity (Wildman–Crippen MR) is 101 cm³/mol. The van der Waals surface area contributed by atoms with Crippen molar-refractivity contribution in [1.82, 2.24) is 9.78 Å². The minimum absolute atomic E-state index is 0.0749. The van der Waals surface area contributed by atoms with Gasteiger partial charge in [0.15, 0.2) is 12.4 Å². The maximum atomic E-state index is 12.1. The number of ketones is 1. The Bertz CT molecular complexity index is 889. The molecule has 0 saturated carbocycles. The van der Waals surface area contributed by atoms with Gasteiger partial charge in [0, 0.05) is 22.2 Å². The number of aromatic nitrogens is 2. The molecule has 0 unspecified atom stereocenters. The van der Waals surface area contributed by atoms with Crippen LogP contribution in [-0.2, 0) is 16.0 Å². The molecule has 0 saturated heterocycles. The monoisotopic (exact) mass is 366 g/mol. The summed E-state index contributed by atoms with van der Waals surface area (Å²) in [5, 5.41) is 4.24. The van der Waals surface area contributed by atoms with E-state index in [1.165, 1.54) is 0 Å². The molecular formula is C20H18N2O3S. The Balaban J connectivity index is 1.52. The van der Waals surface area contributed by atoms with E-state index in [1.807, 2.05) is 48.7 Å². The molecule has 1 aromatic heterocycles. The Labute approximate surface area is 156 Å². The quantitative estimate of drug-likeness (QED) is 0.363. The Hall–Kier alpha value is -2.86. The first-order valence-corrected chi connectivity index (χ1v) is 9.30. The van der Waals surface area contributed by atoms with Gasteiger partial charge in [0.25, 0.3) is 0 Å². The molecule has 3 rings (SSSR count). The number of nitrogens with zero attached hydrogens (tertiary/aromatic N) is 2. The fourth-order valence-electron chi connectivity index (χ4n) is 2.40. The molecule has 0 amide bonds. The van der Waals surface area contributed by atoms with Crippen LogP contribution in [0.5, 0.6) is 0 Å². The molecule has 0 fully saturated rings. The number of esters is 1. The van der Waals surface area contributed by atoms with Gasteiger partial charge in [-0.1, -0.05) is 30.3 Å². The minimum atomic E-state index is -0.452. The highest BCUT2D eigenvalue weighted by Gasteiger charge is 2.12. The SMILES string of the molecule is CSc1ccc(C(=O)COC(=O)Cc2cnn(-c3ccccc3)c2)cc1. The number of thioether (sulfide) groups is 1. The van der Waals surface area contributed by atoms with E-state index < -0.39 is 5.97 Å². The minimum Gasteiger partial charge on any atom is -0.457 e. The third-order valence-electron chi connectivity index (χ3n) is 3.78. The number of carbonyl (C=O) groups is 2. The largest absolute Gasteiger partial charge is 0.457 e. The van der Waals surface area contributed by atoms with Crippen molar-refractivity contribution in [1.29, 1.82) is 0 Å². The fourth-order valence-corrected chi connectivity index (χ4v) is 2.81. The highest BCUT2D eigenvalue weighted by Crippen LogP contribution is 2.15. The fraction of sp³-hybridized carbons (Fsp3) is 0.150. The number of Topliss-reactive ketones (excluding diaryl/α,β-unsaturated/α-hetero) is 1. The van der Waals surface area contributed by atoms with E-state index in [-0.39, 0.29) is 18.8 Å². The van der Waals surface area contributed by atoms with Crippen molar-refractivity contribution >= 4 is 23.5 Å². The summed E-state index contributed by atoms with van der Waals surface area (Å²) in [6.07, 6.45) is 5.45. The molecule has 6 heteroatoms. The molecule has 3 aromatic rings. The van der Waals surface area contributed by atoms with Crippen LogP contribution >= 0.6 is 11.8 Å². The number of rotatable bonds is 7. The van der Waals surface area contributed by atoms with E-state index in [2.05, 4.69) is 5.10 Å². The first-order valence-electron chi connectivity index (χ1n) is 8.07.